The Morgan fingerprint density at radius 1 is 0.932 bits per heavy atom. The minimum atomic E-state index is -0.252. The second-order valence-corrected chi connectivity index (χ2v) is 11.6. The predicted octanol–water partition coefficient (Wildman–Crippen LogP) is 7.09. The minimum Gasteiger partial charge on any atom is -0.445 e. The van der Waals surface area contributed by atoms with E-state index in [0.717, 1.165) is 75.1 Å². The van der Waals surface area contributed by atoms with Crippen LogP contribution in [0, 0.1) is 12.8 Å². The molecule has 2 N–H and O–H groups in total. The summed E-state index contributed by atoms with van der Waals surface area (Å²) in [5.41, 5.74) is 14.1. The Labute approximate surface area is 256 Å². The van der Waals surface area contributed by atoms with Gasteiger partial charge in [0.2, 0.25) is 0 Å². The smallest absolute Gasteiger partial charge is 0.410 e. The van der Waals surface area contributed by atoms with E-state index in [1.807, 2.05) is 60.5 Å². The summed E-state index contributed by atoms with van der Waals surface area (Å²) in [7, 11) is 0. The van der Waals surface area contributed by atoms with E-state index in [-0.39, 0.29) is 12.7 Å². The largest absolute Gasteiger partial charge is 0.445 e. The molecule has 7 rings (SSSR count). The number of likely N-dealkylation sites (tertiary alicyclic amines) is 1. The Hall–Kier alpha value is -5.24. The molecule has 8 heteroatoms. The number of hydrogen-bond acceptors (Lipinski definition) is 6. The van der Waals surface area contributed by atoms with Crippen molar-refractivity contribution in [1.29, 1.82) is 0 Å². The van der Waals surface area contributed by atoms with Crippen molar-refractivity contribution in [2.24, 2.45) is 5.92 Å². The van der Waals surface area contributed by atoms with Crippen LogP contribution in [0.25, 0.3) is 38.9 Å². The molecule has 6 aromatic rings. The second kappa shape index (κ2) is 11.8. The van der Waals surface area contributed by atoms with Gasteiger partial charge in [0.25, 0.3) is 0 Å². The molecule has 0 bridgehead atoms. The number of fused-ring (bicyclic) bond motifs is 2. The molecule has 1 aliphatic rings. The van der Waals surface area contributed by atoms with Gasteiger partial charge >= 0.3 is 6.09 Å². The van der Waals surface area contributed by atoms with Crippen LogP contribution in [0.4, 0.5) is 10.6 Å². The quantitative estimate of drug-likeness (QED) is 0.225. The molecular formula is C36H34N6O2. The van der Waals surface area contributed by atoms with E-state index in [0.29, 0.717) is 24.8 Å². The van der Waals surface area contributed by atoms with Crippen LogP contribution in [0.1, 0.15) is 29.8 Å². The van der Waals surface area contributed by atoms with Gasteiger partial charge in [0, 0.05) is 48.4 Å². The topological polar surface area (TPSA) is 98.6 Å². The van der Waals surface area contributed by atoms with Gasteiger partial charge in [-0.3, -0.25) is 4.40 Å². The molecule has 1 aliphatic heterocycles. The van der Waals surface area contributed by atoms with Gasteiger partial charge in [0.1, 0.15) is 29.5 Å². The van der Waals surface area contributed by atoms with Gasteiger partial charge in [-0.25, -0.2) is 19.7 Å². The predicted molar refractivity (Wildman–Crippen MR) is 173 cm³/mol. The third kappa shape index (κ3) is 5.58. The number of nitrogen functional groups attached to an aromatic ring is 1. The van der Waals surface area contributed by atoms with Crippen LogP contribution >= 0.6 is 0 Å². The van der Waals surface area contributed by atoms with Crippen LogP contribution in [0.5, 0.6) is 0 Å². The average molecular weight is 583 g/mol. The molecule has 1 saturated heterocycles. The normalized spacial score (nSPS) is 13.9. The summed E-state index contributed by atoms with van der Waals surface area (Å²) in [6, 6.07) is 28.6. The number of nitrogens with zero attached hydrogens (tertiary/aromatic N) is 5. The van der Waals surface area contributed by atoms with Gasteiger partial charge in [-0.1, -0.05) is 78.4 Å². The van der Waals surface area contributed by atoms with E-state index >= 15 is 0 Å². The molecule has 1 amide bonds. The number of piperidine rings is 1. The number of carbonyl (C=O) groups is 1. The first-order valence-electron chi connectivity index (χ1n) is 15.1. The summed E-state index contributed by atoms with van der Waals surface area (Å²) >= 11 is 0. The van der Waals surface area contributed by atoms with Crippen molar-refractivity contribution in [3.8, 4) is 22.5 Å². The maximum absolute atomic E-state index is 12.7. The molecule has 3 aromatic carbocycles. The fourth-order valence-electron chi connectivity index (χ4n) is 6.12. The van der Waals surface area contributed by atoms with Crippen molar-refractivity contribution in [1.82, 2.24) is 24.3 Å². The van der Waals surface area contributed by atoms with E-state index < -0.39 is 0 Å². The SMILES string of the molecule is Cc1cccc(COC(=O)N2CCC(Cc3nc(-c4ccc5ccc(-c6ccccc6)nc5c4)c4c(N)nccn34)CC2)c1. The van der Waals surface area contributed by atoms with Gasteiger partial charge in [0.15, 0.2) is 0 Å². The molecule has 0 radical (unpaired) electrons. The molecule has 0 spiro atoms. The highest BCUT2D eigenvalue weighted by molar-refractivity contribution is 5.91. The van der Waals surface area contributed by atoms with Crippen LogP contribution in [-0.2, 0) is 17.8 Å². The third-order valence-electron chi connectivity index (χ3n) is 8.48. The lowest BCUT2D eigenvalue weighted by Crippen LogP contribution is -2.39. The number of imidazole rings is 1. The number of ether oxygens (including phenoxy) is 1. The molecule has 4 heterocycles. The van der Waals surface area contributed by atoms with E-state index in [1.54, 1.807) is 6.20 Å². The standard InChI is InChI=1S/C36H34N6O2/c1-24-6-5-7-26(20-24)23-44-36(43)41-17-14-25(15-18-41)21-32-40-33(34-35(37)38-16-19-42(32)34)29-11-10-28-12-13-30(39-31(28)22-29)27-8-3-2-4-9-27/h2-13,16,19-20,22,25H,14-15,17-18,21,23H2,1H3,(H2,37,38). The summed E-state index contributed by atoms with van der Waals surface area (Å²) in [6.45, 7) is 3.65. The lowest BCUT2D eigenvalue weighted by molar-refractivity contribution is 0.0821. The number of hydrogen-bond donors (Lipinski definition) is 1. The highest BCUT2D eigenvalue weighted by atomic mass is 16.6. The first kappa shape index (κ1) is 27.6. The summed E-state index contributed by atoms with van der Waals surface area (Å²) in [5.74, 6) is 1.77. The zero-order chi connectivity index (χ0) is 30.0. The Kier molecular flexibility index (Phi) is 7.40. The molecular weight excluding hydrogens is 548 g/mol. The third-order valence-corrected chi connectivity index (χ3v) is 8.48. The molecule has 0 unspecified atom stereocenters. The van der Waals surface area contributed by atoms with E-state index in [9.17, 15) is 4.79 Å². The molecule has 3 aromatic heterocycles. The van der Waals surface area contributed by atoms with Crippen LogP contribution < -0.4 is 5.73 Å². The first-order valence-corrected chi connectivity index (χ1v) is 15.1. The lowest BCUT2D eigenvalue weighted by atomic mass is 9.93. The van der Waals surface area contributed by atoms with Crippen molar-refractivity contribution in [3.63, 3.8) is 0 Å². The number of aromatic nitrogens is 4. The van der Waals surface area contributed by atoms with Crippen LogP contribution in [0.15, 0.2) is 97.3 Å². The Morgan fingerprint density at radius 3 is 2.57 bits per heavy atom. The summed E-state index contributed by atoms with van der Waals surface area (Å²) in [5, 5.41) is 1.06. The average Bonchev–Trinajstić information content (AvgIpc) is 3.43. The zero-order valence-electron chi connectivity index (χ0n) is 24.7. The molecule has 0 atom stereocenters. The molecule has 8 nitrogen and oxygen atoms in total. The number of nitrogens with two attached hydrogens (primary N) is 1. The minimum absolute atomic E-state index is 0.252. The van der Waals surface area contributed by atoms with Crippen LogP contribution in [0.3, 0.4) is 0 Å². The monoisotopic (exact) mass is 582 g/mol. The van der Waals surface area contributed by atoms with Crippen molar-refractivity contribution in [3.05, 3.63) is 114 Å². The van der Waals surface area contributed by atoms with Crippen molar-refractivity contribution in [2.45, 2.75) is 32.8 Å². The van der Waals surface area contributed by atoms with Crippen molar-refractivity contribution >= 4 is 28.3 Å². The Bertz CT molecular complexity index is 1960. The maximum Gasteiger partial charge on any atom is 0.410 e. The highest BCUT2D eigenvalue weighted by Gasteiger charge is 2.26. The number of benzene rings is 3. The van der Waals surface area contributed by atoms with Crippen molar-refractivity contribution in [2.75, 3.05) is 18.8 Å². The first-order chi connectivity index (χ1) is 21.5. The number of anilines is 1. The Morgan fingerprint density at radius 2 is 1.75 bits per heavy atom. The van der Waals surface area contributed by atoms with E-state index in [1.165, 1.54) is 0 Å². The van der Waals surface area contributed by atoms with Gasteiger partial charge in [-0.2, -0.15) is 0 Å². The van der Waals surface area contributed by atoms with Gasteiger partial charge in [0.05, 0.1) is 11.2 Å². The fourth-order valence-corrected chi connectivity index (χ4v) is 6.12. The summed E-state index contributed by atoms with van der Waals surface area (Å²) in [6.07, 6.45) is 5.94. The van der Waals surface area contributed by atoms with Gasteiger partial charge in [-0.15, -0.1) is 0 Å². The summed E-state index contributed by atoms with van der Waals surface area (Å²) < 4.78 is 7.67. The Balaban J connectivity index is 1.09. The van der Waals surface area contributed by atoms with E-state index in [2.05, 4.69) is 51.8 Å². The number of amides is 1. The number of pyridine rings is 1. The van der Waals surface area contributed by atoms with Crippen molar-refractivity contribution < 1.29 is 9.53 Å². The summed E-state index contributed by atoms with van der Waals surface area (Å²) in [4.78, 5) is 29.1. The molecule has 0 saturated carbocycles. The van der Waals surface area contributed by atoms with E-state index in [4.69, 9.17) is 20.4 Å². The molecule has 220 valence electrons. The number of rotatable bonds is 6. The zero-order valence-corrected chi connectivity index (χ0v) is 24.7. The molecule has 0 aliphatic carbocycles. The second-order valence-electron chi connectivity index (χ2n) is 11.6. The van der Waals surface area contributed by atoms with Crippen LogP contribution in [-0.4, -0.2) is 43.4 Å². The van der Waals surface area contributed by atoms with Gasteiger partial charge < -0.3 is 15.4 Å². The molecule has 1 fully saturated rings. The number of aryl methyl sites for hydroxylation is 1. The number of carbonyl (C=O) groups excluding carboxylic acids is 1. The fraction of sp³-hybridized carbons (Fsp3) is 0.222. The van der Waals surface area contributed by atoms with Gasteiger partial charge in [-0.05, 0) is 43.4 Å². The lowest BCUT2D eigenvalue weighted by Gasteiger charge is -2.31. The molecule has 44 heavy (non-hydrogen) atoms. The highest BCUT2D eigenvalue weighted by Crippen LogP contribution is 2.32. The maximum atomic E-state index is 12.7. The van der Waals surface area contributed by atoms with Crippen LogP contribution in [0.2, 0.25) is 0 Å².